The standard InChI is InChI=1S/8NO3.6H3N.Ni/c8*2-1(3)4;;;;;;;/h;;;;;;;;6*1H3;/q8*-1;;;;;;;+2/p+6. The maximum atomic E-state index is 8.25. The molecule has 0 saturated heterocycles. The van der Waals surface area contributed by atoms with Crippen LogP contribution in [0.3, 0.4) is 0 Å². The Morgan fingerprint density at radius 1 is 0.205 bits per heavy atom. The molecule has 0 radical (unpaired) electrons. The molecular formula is H24N14NiO24. The maximum absolute atomic E-state index is 8.25. The van der Waals surface area contributed by atoms with Crippen LogP contribution in [0.15, 0.2) is 0 Å². The molecule has 0 amide bonds. The third kappa shape index (κ3) is 751. The van der Waals surface area contributed by atoms with Crippen molar-refractivity contribution in [1.29, 1.82) is 0 Å². The van der Waals surface area contributed by atoms with Gasteiger partial charge in [0.2, 0.25) is 0 Å². The van der Waals surface area contributed by atoms with Crippen molar-refractivity contribution in [3.8, 4) is 0 Å². The zero-order chi connectivity index (χ0) is 28.6. The van der Waals surface area contributed by atoms with Crippen molar-refractivity contribution >= 4 is 0 Å². The molecule has 0 unspecified atom stereocenters. The second kappa shape index (κ2) is 95.1. The smallest absolute Gasteiger partial charge is 0.369 e. The largest absolute Gasteiger partial charge is 2.00 e. The second-order valence-corrected chi connectivity index (χ2v) is 1.79. The van der Waals surface area contributed by atoms with Gasteiger partial charge in [-0.2, -0.15) is 0 Å². The molecule has 0 heterocycles. The summed E-state index contributed by atoms with van der Waals surface area (Å²) in [5.41, 5.74) is 0. The van der Waals surface area contributed by atoms with E-state index in [1.54, 1.807) is 0 Å². The van der Waals surface area contributed by atoms with E-state index in [9.17, 15) is 0 Å². The van der Waals surface area contributed by atoms with Crippen LogP contribution in [0, 0.1) is 123 Å². The minimum absolute atomic E-state index is 0. The Hall–Kier alpha value is -6.15. The molecule has 38 nitrogen and oxygen atoms in total. The van der Waals surface area contributed by atoms with Gasteiger partial charge in [0.05, 0.1) is 40.7 Å². The van der Waals surface area contributed by atoms with Gasteiger partial charge in [-0.1, -0.05) is 0 Å². The van der Waals surface area contributed by atoms with E-state index < -0.39 is 40.7 Å². The van der Waals surface area contributed by atoms with Crippen LogP contribution >= 0.6 is 0 Å². The molecule has 0 saturated carbocycles. The van der Waals surface area contributed by atoms with E-state index in [4.69, 9.17) is 123 Å². The molecular weight excluding hydrogens is 639 g/mol. The Kier molecular flexibility index (Phi) is 255. The number of rotatable bonds is 0. The van der Waals surface area contributed by atoms with Crippen molar-refractivity contribution in [2.24, 2.45) is 0 Å². The molecule has 0 aliphatic heterocycles. The summed E-state index contributed by atoms with van der Waals surface area (Å²) in [5.74, 6) is 0. The van der Waals surface area contributed by atoms with E-state index >= 15 is 0 Å². The molecule has 0 aromatic carbocycles. The maximum Gasteiger partial charge on any atom is 2.00 e. The van der Waals surface area contributed by atoms with Crippen molar-refractivity contribution < 1.29 is 57.2 Å². The number of quaternary nitrogens is 6. The number of hydrogen-bond donors (Lipinski definition) is 6. The molecule has 24 N–H and O–H groups in total. The first kappa shape index (κ1) is 105. The molecule has 0 aromatic rings. The molecule has 0 atom stereocenters. The summed E-state index contributed by atoms with van der Waals surface area (Å²) >= 11 is 0. The zero-order valence-corrected chi connectivity index (χ0v) is 20.7. The van der Waals surface area contributed by atoms with E-state index in [0.717, 1.165) is 0 Å². The minimum Gasteiger partial charge on any atom is -0.369 e. The van der Waals surface area contributed by atoms with Crippen LogP contribution < -0.4 is 36.9 Å². The summed E-state index contributed by atoms with van der Waals surface area (Å²) in [6.45, 7) is 0. The van der Waals surface area contributed by atoms with Gasteiger partial charge in [-0.3, -0.25) is 0 Å². The van der Waals surface area contributed by atoms with Gasteiger partial charge in [-0.25, -0.2) is 0 Å². The van der Waals surface area contributed by atoms with Crippen LogP contribution in [0.25, 0.3) is 0 Å². The molecule has 0 rings (SSSR count). The molecule has 0 aliphatic carbocycles. The van der Waals surface area contributed by atoms with Crippen molar-refractivity contribution in [3.05, 3.63) is 123 Å². The Morgan fingerprint density at radius 2 is 0.205 bits per heavy atom. The fraction of sp³-hybridized carbons (Fsp3) is 0. The molecule has 39 heavy (non-hydrogen) atoms. The first-order valence-corrected chi connectivity index (χ1v) is 4.38. The summed E-state index contributed by atoms with van der Waals surface area (Å²) in [7, 11) is 0. The Labute approximate surface area is 217 Å². The average Bonchev–Trinajstić information content (AvgIpc) is 2.30. The van der Waals surface area contributed by atoms with E-state index in [-0.39, 0.29) is 53.4 Å². The van der Waals surface area contributed by atoms with Gasteiger partial charge in [0.15, 0.2) is 0 Å². The number of nitrogens with zero attached hydrogens (tertiary/aromatic N) is 8. The van der Waals surface area contributed by atoms with Gasteiger partial charge in [0, 0.05) is 0 Å². The monoisotopic (exact) mass is 662 g/mol. The molecule has 0 bridgehead atoms. The normalized spacial score (nSPS) is 4.92. The van der Waals surface area contributed by atoms with Crippen LogP contribution in [-0.4, -0.2) is 40.7 Å². The first-order chi connectivity index (χ1) is 13.9. The van der Waals surface area contributed by atoms with Crippen LogP contribution in [0.1, 0.15) is 0 Å². The van der Waals surface area contributed by atoms with E-state index in [0.29, 0.717) is 0 Å². The van der Waals surface area contributed by atoms with Crippen molar-refractivity contribution in [1.82, 2.24) is 36.9 Å². The van der Waals surface area contributed by atoms with Crippen LogP contribution in [0.5, 0.6) is 0 Å². The van der Waals surface area contributed by atoms with Crippen LogP contribution in [0.2, 0.25) is 0 Å². The summed E-state index contributed by atoms with van der Waals surface area (Å²) in [4.78, 5) is 66.0. The predicted molar refractivity (Wildman–Crippen MR) is 119 cm³/mol. The SMILES string of the molecule is O=[N+]([O-])[O-].O=[N+]([O-])[O-].O=[N+]([O-])[O-].O=[N+]([O-])[O-].O=[N+]([O-])[O-].O=[N+]([O-])[O-].O=[N+]([O-])[O-].O=[N+]([O-])[O-].[NH4+].[NH4+].[NH4+].[NH4+].[NH4+].[NH4+].[Ni+2]. The summed E-state index contributed by atoms with van der Waals surface area (Å²) in [6, 6.07) is 0. The van der Waals surface area contributed by atoms with Gasteiger partial charge >= 0.3 is 16.5 Å². The van der Waals surface area contributed by atoms with E-state index in [1.807, 2.05) is 0 Å². The van der Waals surface area contributed by atoms with Gasteiger partial charge in [0.25, 0.3) is 0 Å². The summed E-state index contributed by atoms with van der Waals surface area (Å²) in [6.07, 6.45) is 0. The van der Waals surface area contributed by atoms with Crippen LogP contribution in [0.4, 0.5) is 0 Å². The van der Waals surface area contributed by atoms with Crippen molar-refractivity contribution in [2.75, 3.05) is 0 Å². The Morgan fingerprint density at radius 3 is 0.205 bits per heavy atom. The molecule has 0 fully saturated rings. The van der Waals surface area contributed by atoms with Crippen LogP contribution in [-0.2, 0) is 16.5 Å². The van der Waals surface area contributed by atoms with E-state index in [1.165, 1.54) is 0 Å². The Bertz CT molecular complexity index is 371. The second-order valence-electron chi connectivity index (χ2n) is 1.79. The van der Waals surface area contributed by atoms with Crippen molar-refractivity contribution in [2.45, 2.75) is 0 Å². The third-order valence-electron chi connectivity index (χ3n) is 0. The quantitative estimate of drug-likeness (QED) is 0.116. The fourth-order valence-corrected chi connectivity index (χ4v) is 0. The van der Waals surface area contributed by atoms with Gasteiger partial charge in [-0.05, 0) is 0 Å². The van der Waals surface area contributed by atoms with E-state index in [2.05, 4.69) is 0 Å². The van der Waals surface area contributed by atoms with Gasteiger partial charge < -0.3 is 159 Å². The summed E-state index contributed by atoms with van der Waals surface area (Å²) in [5, 5.41) is 118. The topological polar surface area (TPSA) is 749 Å². The molecule has 0 aromatic heterocycles. The Balaban J connectivity index is -0.0000000127. The predicted octanol–water partition coefficient (Wildman–Crippen LogP) is 0.342. The van der Waals surface area contributed by atoms with Gasteiger partial charge in [-0.15, -0.1) is 0 Å². The molecule has 0 spiro atoms. The fourth-order valence-electron chi connectivity index (χ4n) is 0. The van der Waals surface area contributed by atoms with Gasteiger partial charge in [0.1, 0.15) is 0 Å². The number of hydrogen-bond acceptors (Lipinski definition) is 24. The minimum atomic E-state index is -1.75. The third-order valence-corrected chi connectivity index (χ3v) is 0. The summed E-state index contributed by atoms with van der Waals surface area (Å²) < 4.78 is 0. The first-order valence-electron chi connectivity index (χ1n) is 4.38. The molecule has 0 aliphatic rings. The van der Waals surface area contributed by atoms with Crippen molar-refractivity contribution in [3.63, 3.8) is 0 Å². The zero-order valence-electron chi connectivity index (χ0n) is 19.7. The molecule has 39 heteroatoms. The average molecular weight is 663 g/mol. The molecule has 248 valence electrons.